The number of fused-ring (bicyclic) bond motifs is 1. The van der Waals surface area contributed by atoms with Gasteiger partial charge >= 0.3 is 0 Å². The molecule has 0 bridgehead atoms. The molecule has 5 aromatic rings. The van der Waals surface area contributed by atoms with Crippen LogP contribution in [-0.2, 0) is 0 Å². The Morgan fingerprint density at radius 3 is 2.59 bits per heavy atom. The highest BCUT2D eigenvalue weighted by atomic mass is 16.5. The summed E-state index contributed by atoms with van der Waals surface area (Å²) in [6.45, 7) is 0. The van der Waals surface area contributed by atoms with E-state index in [0.29, 0.717) is 28.5 Å². The first-order chi connectivity index (χ1) is 15.7. The molecule has 8 heteroatoms. The summed E-state index contributed by atoms with van der Waals surface area (Å²) in [5.41, 5.74) is 4.35. The van der Waals surface area contributed by atoms with Gasteiger partial charge in [0.1, 0.15) is 5.75 Å². The second kappa shape index (κ2) is 8.27. The number of anilines is 1. The molecule has 0 fully saturated rings. The normalized spacial score (nSPS) is 10.8. The van der Waals surface area contributed by atoms with Crippen molar-refractivity contribution in [3.05, 3.63) is 90.8 Å². The van der Waals surface area contributed by atoms with Crippen LogP contribution in [0.3, 0.4) is 0 Å². The van der Waals surface area contributed by atoms with Gasteiger partial charge in [-0.3, -0.25) is 9.78 Å². The minimum atomic E-state index is -0.207. The molecule has 0 unspecified atom stereocenters. The molecule has 1 N–H and O–H groups in total. The van der Waals surface area contributed by atoms with Crippen molar-refractivity contribution >= 4 is 17.2 Å². The highest BCUT2D eigenvalue weighted by molar-refractivity contribution is 6.04. The standard InChI is InChI=1S/C24H18N6O2/c1-32-20-6-2-4-17(14-20)24(31)26-19-9-7-16(8-10-19)21-11-12-22-27-28-23(30(22)29-21)18-5-3-13-25-15-18/h2-15H,1H3,(H,26,31). The Hall–Kier alpha value is -4.59. The molecule has 5 rings (SSSR count). The Balaban J connectivity index is 1.39. The molecule has 32 heavy (non-hydrogen) atoms. The number of carbonyl (C=O) groups excluding carboxylic acids is 1. The minimum Gasteiger partial charge on any atom is -0.497 e. The van der Waals surface area contributed by atoms with Crippen molar-refractivity contribution in [1.29, 1.82) is 0 Å². The first-order valence-electron chi connectivity index (χ1n) is 9.90. The summed E-state index contributed by atoms with van der Waals surface area (Å²) in [7, 11) is 1.57. The molecule has 0 saturated heterocycles. The molecule has 0 spiro atoms. The van der Waals surface area contributed by atoms with E-state index < -0.39 is 0 Å². The Kier molecular flexibility index (Phi) is 5.01. The third-order valence-corrected chi connectivity index (χ3v) is 4.95. The van der Waals surface area contributed by atoms with E-state index in [-0.39, 0.29) is 5.91 Å². The zero-order valence-electron chi connectivity index (χ0n) is 17.1. The summed E-state index contributed by atoms with van der Waals surface area (Å²) < 4.78 is 6.88. The van der Waals surface area contributed by atoms with Gasteiger partial charge in [-0.05, 0) is 54.6 Å². The highest BCUT2D eigenvalue weighted by Gasteiger charge is 2.12. The molecular formula is C24H18N6O2. The van der Waals surface area contributed by atoms with Crippen molar-refractivity contribution in [1.82, 2.24) is 24.8 Å². The highest BCUT2D eigenvalue weighted by Crippen LogP contribution is 2.23. The SMILES string of the molecule is COc1cccc(C(=O)Nc2ccc(-c3ccc4nnc(-c5cccnc5)n4n3)cc2)c1. The number of ether oxygens (including phenoxy) is 1. The third-order valence-electron chi connectivity index (χ3n) is 4.95. The summed E-state index contributed by atoms with van der Waals surface area (Å²) in [5.74, 6) is 1.05. The average Bonchev–Trinajstić information content (AvgIpc) is 3.28. The van der Waals surface area contributed by atoms with E-state index in [4.69, 9.17) is 9.84 Å². The molecule has 8 nitrogen and oxygen atoms in total. The molecular weight excluding hydrogens is 404 g/mol. The number of aromatic nitrogens is 5. The number of hydrogen-bond acceptors (Lipinski definition) is 6. The molecule has 3 heterocycles. The molecule has 0 aliphatic heterocycles. The lowest BCUT2D eigenvalue weighted by atomic mass is 10.1. The van der Waals surface area contributed by atoms with Gasteiger partial charge in [-0.15, -0.1) is 10.2 Å². The quantitative estimate of drug-likeness (QED) is 0.458. The zero-order valence-corrected chi connectivity index (χ0v) is 17.1. The van der Waals surface area contributed by atoms with Gasteiger partial charge in [0.25, 0.3) is 5.91 Å². The molecule has 0 aliphatic carbocycles. The fourth-order valence-corrected chi connectivity index (χ4v) is 3.31. The second-order valence-corrected chi connectivity index (χ2v) is 7.02. The number of nitrogens with zero attached hydrogens (tertiary/aromatic N) is 5. The second-order valence-electron chi connectivity index (χ2n) is 7.02. The zero-order chi connectivity index (χ0) is 21.9. The summed E-state index contributed by atoms with van der Waals surface area (Å²) >= 11 is 0. The van der Waals surface area contributed by atoms with E-state index in [1.54, 1.807) is 48.3 Å². The van der Waals surface area contributed by atoms with E-state index in [1.807, 2.05) is 48.5 Å². The Labute approximate surface area is 183 Å². The number of methoxy groups -OCH3 is 1. The van der Waals surface area contributed by atoms with Gasteiger partial charge in [0.15, 0.2) is 11.5 Å². The number of hydrogen-bond donors (Lipinski definition) is 1. The number of rotatable bonds is 5. The van der Waals surface area contributed by atoms with Crippen LogP contribution in [0.25, 0.3) is 28.3 Å². The summed E-state index contributed by atoms with van der Waals surface area (Å²) in [6.07, 6.45) is 3.44. The molecule has 1 amide bonds. The van der Waals surface area contributed by atoms with Crippen LogP contribution in [0.1, 0.15) is 10.4 Å². The van der Waals surface area contributed by atoms with Crippen LogP contribution in [-0.4, -0.2) is 37.8 Å². The van der Waals surface area contributed by atoms with Crippen molar-refractivity contribution in [2.45, 2.75) is 0 Å². The van der Waals surface area contributed by atoms with E-state index >= 15 is 0 Å². The Morgan fingerprint density at radius 2 is 1.81 bits per heavy atom. The molecule has 0 aliphatic rings. The van der Waals surface area contributed by atoms with Crippen molar-refractivity contribution in [2.24, 2.45) is 0 Å². The van der Waals surface area contributed by atoms with Crippen molar-refractivity contribution in [2.75, 3.05) is 12.4 Å². The first-order valence-corrected chi connectivity index (χ1v) is 9.90. The largest absolute Gasteiger partial charge is 0.497 e. The van der Waals surface area contributed by atoms with E-state index in [1.165, 1.54) is 0 Å². The van der Waals surface area contributed by atoms with Crippen molar-refractivity contribution in [3.8, 4) is 28.4 Å². The van der Waals surface area contributed by atoms with Crippen LogP contribution in [0, 0.1) is 0 Å². The predicted octanol–water partition coefficient (Wildman–Crippen LogP) is 4.11. The van der Waals surface area contributed by atoms with Gasteiger partial charge in [-0.1, -0.05) is 18.2 Å². The monoisotopic (exact) mass is 422 g/mol. The summed E-state index contributed by atoms with van der Waals surface area (Å²) in [4.78, 5) is 16.7. The average molecular weight is 422 g/mol. The topological polar surface area (TPSA) is 94.3 Å². The maximum Gasteiger partial charge on any atom is 0.255 e. The summed E-state index contributed by atoms with van der Waals surface area (Å²) in [6, 6.07) is 22.0. The van der Waals surface area contributed by atoms with Gasteiger partial charge in [0, 0.05) is 34.8 Å². The third kappa shape index (κ3) is 3.77. The van der Waals surface area contributed by atoms with Crippen molar-refractivity contribution < 1.29 is 9.53 Å². The fourth-order valence-electron chi connectivity index (χ4n) is 3.31. The number of carbonyl (C=O) groups is 1. The van der Waals surface area contributed by atoms with Crippen molar-refractivity contribution in [3.63, 3.8) is 0 Å². The Morgan fingerprint density at radius 1 is 0.938 bits per heavy atom. The van der Waals surface area contributed by atoms with Crippen LogP contribution >= 0.6 is 0 Å². The van der Waals surface area contributed by atoms with Crippen LogP contribution in [0.2, 0.25) is 0 Å². The number of nitrogens with one attached hydrogen (secondary N) is 1. The van der Waals surface area contributed by atoms with Crippen LogP contribution in [0.4, 0.5) is 5.69 Å². The molecule has 3 aromatic heterocycles. The van der Waals surface area contributed by atoms with Gasteiger partial charge in [-0.2, -0.15) is 9.61 Å². The van der Waals surface area contributed by atoms with Crippen LogP contribution in [0.5, 0.6) is 5.75 Å². The first kappa shape index (κ1) is 19.4. The fraction of sp³-hybridized carbons (Fsp3) is 0.0417. The minimum absolute atomic E-state index is 0.207. The lowest BCUT2D eigenvalue weighted by molar-refractivity contribution is 0.102. The Bertz CT molecular complexity index is 1400. The molecule has 2 aromatic carbocycles. The number of benzene rings is 2. The van der Waals surface area contributed by atoms with E-state index in [0.717, 1.165) is 16.8 Å². The van der Waals surface area contributed by atoms with Crippen LogP contribution in [0.15, 0.2) is 85.2 Å². The van der Waals surface area contributed by atoms with Gasteiger partial charge < -0.3 is 10.1 Å². The number of pyridine rings is 1. The van der Waals surface area contributed by atoms with E-state index in [9.17, 15) is 4.79 Å². The van der Waals surface area contributed by atoms with Gasteiger partial charge in [0.05, 0.1) is 12.8 Å². The summed E-state index contributed by atoms with van der Waals surface area (Å²) in [5, 5.41) is 16.0. The van der Waals surface area contributed by atoms with Gasteiger partial charge in [-0.25, -0.2) is 0 Å². The van der Waals surface area contributed by atoms with Gasteiger partial charge in [0.2, 0.25) is 0 Å². The number of amides is 1. The van der Waals surface area contributed by atoms with Crippen LogP contribution < -0.4 is 10.1 Å². The predicted molar refractivity (Wildman–Crippen MR) is 120 cm³/mol. The smallest absolute Gasteiger partial charge is 0.255 e. The molecule has 0 radical (unpaired) electrons. The lowest BCUT2D eigenvalue weighted by Gasteiger charge is -2.08. The van der Waals surface area contributed by atoms with E-state index in [2.05, 4.69) is 20.5 Å². The molecule has 0 saturated carbocycles. The molecule has 0 atom stereocenters. The lowest BCUT2D eigenvalue weighted by Crippen LogP contribution is -2.11. The maximum absolute atomic E-state index is 12.5. The molecule has 156 valence electrons. The maximum atomic E-state index is 12.5.